The zero-order chi connectivity index (χ0) is 15.4. The maximum absolute atomic E-state index is 13.8. The first kappa shape index (κ1) is 15.2. The van der Waals surface area contributed by atoms with Gasteiger partial charge < -0.3 is 0 Å². The summed E-state index contributed by atoms with van der Waals surface area (Å²) in [6.45, 7) is 2.06. The van der Waals surface area contributed by atoms with Gasteiger partial charge in [-0.05, 0) is 53.6 Å². The van der Waals surface area contributed by atoms with E-state index in [0.29, 0.717) is 0 Å². The second-order valence-electron chi connectivity index (χ2n) is 5.19. The van der Waals surface area contributed by atoms with E-state index in [1.54, 1.807) is 11.3 Å². The lowest BCUT2D eigenvalue weighted by Gasteiger charge is -2.24. The van der Waals surface area contributed by atoms with E-state index in [-0.39, 0.29) is 6.04 Å². The van der Waals surface area contributed by atoms with Gasteiger partial charge in [0.2, 0.25) is 7.29 Å². The fourth-order valence-corrected chi connectivity index (χ4v) is 5.67. The number of hydrogen-bond donors (Lipinski definition) is 1. The van der Waals surface area contributed by atoms with Crippen LogP contribution < -0.4 is 15.7 Å². The summed E-state index contributed by atoms with van der Waals surface area (Å²) in [5, 5.41) is 9.20. The highest BCUT2D eigenvalue weighted by Gasteiger charge is 2.29. The van der Waals surface area contributed by atoms with Crippen LogP contribution >= 0.6 is 18.6 Å². The van der Waals surface area contributed by atoms with Gasteiger partial charge in [-0.3, -0.25) is 9.65 Å². The minimum atomic E-state index is -2.87. The molecule has 4 heteroatoms. The standard InChI is InChI=1S/C18H18NOPS/c1-15(16-12-13-22-14-16)19-21(20,17-8-4-2-5-9-17)18-10-6-3-7-11-18/h2-15H,1H3,(H,19,20)/t15-/m1/s1. The molecule has 1 atom stereocenters. The summed E-state index contributed by atoms with van der Waals surface area (Å²) in [4.78, 5) is 0. The van der Waals surface area contributed by atoms with E-state index >= 15 is 0 Å². The molecule has 22 heavy (non-hydrogen) atoms. The van der Waals surface area contributed by atoms with E-state index in [2.05, 4.69) is 23.5 Å². The summed E-state index contributed by atoms with van der Waals surface area (Å²) < 4.78 is 13.8. The van der Waals surface area contributed by atoms with Gasteiger partial charge in [0.15, 0.2) is 0 Å². The third kappa shape index (κ3) is 3.07. The Hall–Kier alpha value is -1.67. The minimum absolute atomic E-state index is 0.0255. The molecule has 0 saturated carbocycles. The molecule has 0 amide bonds. The minimum Gasteiger partial charge on any atom is -0.297 e. The van der Waals surface area contributed by atoms with Gasteiger partial charge >= 0.3 is 0 Å². The second kappa shape index (κ2) is 6.62. The Balaban J connectivity index is 2.02. The van der Waals surface area contributed by atoms with Crippen LogP contribution in [0.4, 0.5) is 0 Å². The van der Waals surface area contributed by atoms with Crippen molar-refractivity contribution in [2.75, 3.05) is 0 Å². The van der Waals surface area contributed by atoms with Crippen LogP contribution in [-0.2, 0) is 4.57 Å². The maximum atomic E-state index is 13.8. The highest BCUT2D eigenvalue weighted by atomic mass is 32.1. The Morgan fingerprint density at radius 1 is 0.909 bits per heavy atom. The van der Waals surface area contributed by atoms with Crippen LogP contribution in [0, 0.1) is 0 Å². The molecule has 3 rings (SSSR count). The van der Waals surface area contributed by atoms with E-state index in [0.717, 1.165) is 16.2 Å². The molecule has 0 spiro atoms. The van der Waals surface area contributed by atoms with E-state index < -0.39 is 7.29 Å². The van der Waals surface area contributed by atoms with Crippen molar-refractivity contribution in [3.05, 3.63) is 83.1 Å². The van der Waals surface area contributed by atoms with Crippen LogP contribution in [0.15, 0.2) is 77.5 Å². The van der Waals surface area contributed by atoms with Gasteiger partial charge in [0.1, 0.15) is 0 Å². The lowest BCUT2D eigenvalue weighted by atomic mass is 10.2. The Labute approximate surface area is 135 Å². The first-order chi connectivity index (χ1) is 10.7. The summed E-state index contributed by atoms with van der Waals surface area (Å²) in [6, 6.07) is 21.4. The van der Waals surface area contributed by atoms with Crippen molar-refractivity contribution in [2.45, 2.75) is 13.0 Å². The molecule has 0 aliphatic carbocycles. The monoisotopic (exact) mass is 327 g/mol. The molecule has 2 nitrogen and oxygen atoms in total. The summed E-state index contributed by atoms with van der Waals surface area (Å²) in [5.41, 5.74) is 1.16. The van der Waals surface area contributed by atoms with E-state index in [1.165, 1.54) is 0 Å². The average Bonchev–Trinajstić information content (AvgIpc) is 3.11. The molecule has 0 radical (unpaired) electrons. The molecule has 0 aliphatic heterocycles. The predicted octanol–water partition coefficient (Wildman–Crippen LogP) is 4.33. The quantitative estimate of drug-likeness (QED) is 0.707. The summed E-state index contributed by atoms with van der Waals surface area (Å²) in [6.07, 6.45) is 0. The van der Waals surface area contributed by atoms with Gasteiger partial charge in [0, 0.05) is 16.7 Å². The van der Waals surface area contributed by atoms with Crippen LogP contribution in [-0.4, -0.2) is 0 Å². The summed E-state index contributed by atoms with van der Waals surface area (Å²) in [5.74, 6) is 0. The normalized spacial score (nSPS) is 13.0. The van der Waals surface area contributed by atoms with Gasteiger partial charge in [-0.15, -0.1) is 0 Å². The second-order valence-corrected chi connectivity index (χ2v) is 8.48. The van der Waals surface area contributed by atoms with Gasteiger partial charge in [0.05, 0.1) is 0 Å². The van der Waals surface area contributed by atoms with Crippen molar-refractivity contribution in [3.63, 3.8) is 0 Å². The van der Waals surface area contributed by atoms with Crippen LogP contribution in [0.2, 0.25) is 0 Å². The molecule has 0 unspecified atom stereocenters. The highest BCUT2D eigenvalue weighted by molar-refractivity contribution is 7.76. The van der Waals surface area contributed by atoms with Crippen LogP contribution in [0.3, 0.4) is 0 Å². The summed E-state index contributed by atoms with van der Waals surface area (Å²) >= 11 is 1.66. The predicted molar refractivity (Wildman–Crippen MR) is 95.6 cm³/mol. The zero-order valence-corrected chi connectivity index (χ0v) is 14.1. The molecular weight excluding hydrogens is 309 g/mol. The molecule has 1 heterocycles. The molecular formula is C18H18NOPS. The molecule has 0 saturated heterocycles. The fraction of sp³-hybridized carbons (Fsp3) is 0.111. The molecule has 1 aromatic heterocycles. The molecule has 3 aromatic rings. The first-order valence-corrected chi connectivity index (χ1v) is 9.86. The molecule has 2 aromatic carbocycles. The Kier molecular flexibility index (Phi) is 4.58. The molecule has 0 aliphatic rings. The van der Waals surface area contributed by atoms with Crippen molar-refractivity contribution < 1.29 is 4.57 Å². The molecule has 112 valence electrons. The zero-order valence-electron chi connectivity index (χ0n) is 12.3. The Morgan fingerprint density at radius 3 is 1.91 bits per heavy atom. The number of nitrogens with one attached hydrogen (secondary N) is 1. The SMILES string of the molecule is C[C@@H](NP(=O)(c1ccccc1)c1ccccc1)c1ccsc1. The average molecular weight is 327 g/mol. The first-order valence-electron chi connectivity index (χ1n) is 7.21. The van der Waals surface area contributed by atoms with Crippen LogP contribution in [0.5, 0.6) is 0 Å². The van der Waals surface area contributed by atoms with Crippen molar-refractivity contribution in [3.8, 4) is 0 Å². The van der Waals surface area contributed by atoms with Gasteiger partial charge in [-0.2, -0.15) is 11.3 Å². The fourth-order valence-electron chi connectivity index (χ4n) is 2.44. The van der Waals surface area contributed by atoms with Gasteiger partial charge in [0.25, 0.3) is 0 Å². The van der Waals surface area contributed by atoms with Crippen molar-refractivity contribution in [1.82, 2.24) is 5.09 Å². The lowest BCUT2D eigenvalue weighted by molar-refractivity contribution is 0.568. The topological polar surface area (TPSA) is 29.1 Å². The smallest absolute Gasteiger partial charge is 0.205 e. The number of hydrogen-bond acceptors (Lipinski definition) is 2. The third-order valence-corrected chi connectivity index (χ3v) is 7.16. The number of benzene rings is 2. The van der Waals surface area contributed by atoms with Gasteiger partial charge in [-0.1, -0.05) is 36.4 Å². The van der Waals surface area contributed by atoms with Gasteiger partial charge in [-0.25, -0.2) is 0 Å². The maximum Gasteiger partial charge on any atom is 0.205 e. The number of thiophene rings is 1. The molecule has 0 fully saturated rings. The van der Waals surface area contributed by atoms with Crippen molar-refractivity contribution in [1.29, 1.82) is 0 Å². The molecule has 0 bridgehead atoms. The van der Waals surface area contributed by atoms with E-state index in [1.807, 2.05) is 66.0 Å². The van der Waals surface area contributed by atoms with Crippen LogP contribution in [0.25, 0.3) is 0 Å². The lowest BCUT2D eigenvalue weighted by Crippen LogP contribution is -2.29. The third-order valence-electron chi connectivity index (χ3n) is 3.66. The number of rotatable bonds is 5. The van der Waals surface area contributed by atoms with Crippen molar-refractivity contribution >= 4 is 29.2 Å². The Bertz CT molecular complexity index is 713. The Morgan fingerprint density at radius 2 is 1.45 bits per heavy atom. The summed E-state index contributed by atoms with van der Waals surface area (Å²) in [7, 11) is -2.87. The van der Waals surface area contributed by atoms with Crippen LogP contribution in [0.1, 0.15) is 18.5 Å². The van der Waals surface area contributed by atoms with Crippen molar-refractivity contribution in [2.24, 2.45) is 0 Å². The van der Waals surface area contributed by atoms with E-state index in [4.69, 9.17) is 0 Å². The molecule has 1 N–H and O–H groups in total. The van der Waals surface area contributed by atoms with E-state index in [9.17, 15) is 4.57 Å². The highest BCUT2D eigenvalue weighted by Crippen LogP contribution is 2.41. The largest absolute Gasteiger partial charge is 0.297 e.